The summed E-state index contributed by atoms with van der Waals surface area (Å²) in [5.41, 5.74) is 0.877. The van der Waals surface area contributed by atoms with E-state index in [4.69, 9.17) is 9.47 Å². The van der Waals surface area contributed by atoms with Crippen LogP contribution in [0, 0.1) is 29.5 Å². The molecule has 1 fully saturated rings. The van der Waals surface area contributed by atoms with Gasteiger partial charge in [0.1, 0.15) is 17.5 Å². The van der Waals surface area contributed by atoms with Crippen LogP contribution in [0.1, 0.15) is 48.2 Å². The van der Waals surface area contributed by atoms with Crippen molar-refractivity contribution in [1.82, 2.24) is 14.8 Å². The zero-order valence-corrected chi connectivity index (χ0v) is 22.0. The van der Waals surface area contributed by atoms with E-state index in [1.54, 1.807) is 48.0 Å². The van der Waals surface area contributed by atoms with Gasteiger partial charge < -0.3 is 24.4 Å². The summed E-state index contributed by atoms with van der Waals surface area (Å²) >= 11 is 0. The minimum atomic E-state index is -0.439. The normalized spacial score (nSPS) is 20.8. The van der Waals surface area contributed by atoms with Gasteiger partial charge in [-0.1, -0.05) is 30.9 Å². The maximum absolute atomic E-state index is 14.0. The molecule has 0 radical (unpaired) electrons. The van der Waals surface area contributed by atoms with Crippen LogP contribution in [0.15, 0.2) is 36.5 Å². The van der Waals surface area contributed by atoms with Gasteiger partial charge in [-0.25, -0.2) is 9.37 Å². The number of benzene rings is 1. The highest BCUT2D eigenvalue weighted by atomic mass is 19.1. The Hall–Kier alpha value is -3.48. The van der Waals surface area contributed by atoms with Gasteiger partial charge in [0.2, 0.25) is 11.8 Å². The maximum atomic E-state index is 14.0. The lowest BCUT2D eigenvalue weighted by atomic mass is 9.97. The molecule has 0 spiro atoms. The molecule has 1 N–H and O–H groups in total. The van der Waals surface area contributed by atoms with E-state index in [-0.39, 0.29) is 47.3 Å². The number of aromatic nitrogens is 1. The van der Waals surface area contributed by atoms with Crippen molar-refractivity contribution in [1.29, 1.82) is 0 Å². The number of hydrogen-bond donors (Lipinski definition) is 1. The molecule has 0 aliphatic carbocycles. The first-order chi connectivity index (χ1) is 18.3. The topological polar surface area (TPSA) is 92.2 Å². The number of aliphatic hydroxyl groups excluding tert-OH is 1. The van der Waals surface area contributed by atoms with Crippen molar-refractivity contribution in [3.8, 4) is 17.7 Å². The molecule has 1 aromatic heterocycles. The lowest BCUT2D eigenvalue weighted by Gasteiger charge is -2.38. The summed E-state index contributed by atoms with van der Waals surface area (Å²) in [5, 5.41) is 9.86. The molecule has 2 aliphatic rings. The summed E-state index contributed by atoms with van der Waals surface area (Å²) in [6, 6.07) is 7.34. The average molecular weight is 524 g/mol. The van der Waals surface area contributed by atoms with Crippen molar-refractivity contribution in [2.24, 2.45) is 11.8 Å². The number of pyridine rings is 1. The Morgan fingerprint density at radius 2 is 2.03 bits per heavy atom. The molecule has 8 nitrogen and oxygen atoms in total. The third-order valence-electron chi connectivity index (χ3n) is 7.14. The highest BCUT2D eigenvalue weighted by Crippen LogP contribution is 2.28. The second kappa shape index (κ2) is 12.4. The zero-order chi connectivity index (χ0) is 27.2. The molecule has 4 rings (SSSR count). The number of amides is 2. The molecule has 2 aromatic rings. The number of rotatable bonds is 5. The Kier molecular flexibility index (Phi) is 8.97. The Labute approximate surface area is 222 Å². The minimum absolute atomic E-state index is 0.0507. The first-order valence-corrected chi connectivity index (χ1v) is 13.0. The zero-order valence-electron chi connectivity index (χ0n) is 22.0. The number of carbonyl (C=O) groups is 2. The number of aliphatic hydroxyl groups is 1. The summed E-state index contributed by atoms with van der Waals surface area (Å²) in [6.45, 7) is 5.34. The third-order valence-corrected chi connectivity index (χ3v) is 7.14. The van der Waals surface area contributed by atoms with E-state index >= 15 is 0 Å². The third kappa shape index (κ3) is 6.32. The van der Waals surface area contributed by atoms with E-state index in [2.05, 4.69) is 16.8 Å². The number of nitrogens with zero attached hydrogens (tertiary/aromatic N) is 3. The summed E-state index contributed by atoms with van der Waals surface area (Å²) in [6.07, 6.45) is 2.44. The first-order valence-electron chi connectivity index (χ1n) is 13.0. The lowest BCUT2D eigenvalue weighted by Crippen LogP contribution is -2.51. The maximum Gasteiger partial charge on any atom is 0.259 e. The molecule has 3 atom stereocenters. The van der Waals surface area contributed by atoms with Gasteiger partial charge in [0.05, 0.1) is 24.8 Å². The molecule has 2 amide bonds. The van der Waals surface area contributed by atoms with Gasteiger partial charge in [0.25, 0.3) is 5.91 Å². The summed E-state index contributed by atoms with van der Waals surface area (Å²) in [7, 11) is 1.77. The number of carbonyl (C=O) groups excluding carboxylic acids is 2. The molecule has 1 saturated heterocycles. The van der Waals surface area contributed by atoms with Crippen LogP contribution < -0.4 is 4.74 Å². The largest absolute Gasteiger partial charge is 0.472 e. The molecule has 3 heterocycles. The number of hydrogen-bond acceptors (Lipinski definition) is 6. The fourth-order valence-electron chi connectivity index (χ4n) is 4.71. The van der Waals surface area contributed by atoms with Crippen molar-refractivity contribution in [2.45, 2.75) is 38.8 Å². The van der Waals surface area contributed by atoms with Gasteiger partial charge >= 0.3 is 0 Å². The smallest absolute Gasteiger partial charge is 0.259 e. The van der Waals surface area contributed by atoms with Gasteiger partial charge in [-0.05, 0) is 38.0 Å². The van der Waals surface area contributed by atoms with E-state index in [1.165, 1.54) is 12.3 Å². The van der Waals surface area contributed by atoms with Crippen LogP contribution in [0.3, 0.4) is 0 Å². The molecule has 2 aliphatic heterocycles. The van der Waals surface area contributed by atoms with Crippen LogP contribution in [-0.2, 0) is 9.53 Å². The summed E-state index contributed by atoms with van der Waals surface area (Å²) in [4.78, 5) is 34.3. The van der Waals surface area contributed by atoms with Gasteiger partial charge in [0, 0.05) is 50.4 Å². The van der Waals surface area contributed by atoms with Crippen molar-refractivity contribution >= 4 is 11.8 Å². The van der Waals surface area contributed by atoms with Gasteiger partial charge in [-0.15, -0.1) is 0 Å². The van der Waals surface area contributed by atoms with E-state index in [9.17, 15) is 19.1 Å². The van der Waals surface area contributed by atoms with Gasteiger partial charge in [-0.2, -0.15) is 0 Å². The number of halogens is 1. The van der Waals surface area contributed by atoms with Crippen LogP contribution in [0.5, 0.6) is 5.88 Å². The molecule has 202 valence electrons. The Morgan fingerprint density at radius 3 is 2.74 bits per heavy atom. The van der Waals surface area contributed by atoms with Crippen molar-refractivity contribution in [2.75, 3.05) is 40.0 Å². The second-order valence-electron chi connectivity index (χ2n) is 10.0. The Morgan fingerprint density at radius 1 is 1.29 bits per heavy atom. The highest BCUT2D eigenvalue weighted by Gasteiger charge is 2.35. The van der Waals surface area contributed by atoms with Crippen LogP contribution in [-0.4, -0.2) is 83.8 Å². The van der Waals surface area contributed by atoms with Gasteiger partial charge in [-0.3, -0.25) is 9.59 Å². The average Bonchev–Trinajstić information content (AvgIpc) is 2.94. The van der Waals surface area contributed by atoms with Gasteiger partial charge in [0.15, 0.2) is 0 Å². The van der Waals surface area contributed by atoms with Crippen LogP contribution in [0.25, 0.3) is 0 Å². The van der Waals surface area contributed by atoms with Crippen LogP contribution >= 0.6 is 0 Å². The van der Waals surface area contributed by atoms with E-state index in [1.807, 2.05) is 6.92 Å². The SMILES string of the molecule is C[C@H](CO)N1C[C@H](C)[C@@H](CN(C)C(=O)C2CCOCC2)Oc2ncc(C#Cc3ccccc3F)cc2C1=O. The number of ether oxygens (including phenoxy) is 2. The van der Waals surface area contributed by atoms with E-state index in [0.717, 1.165) is 0 Å². The molecule has 0 unspecified atom stereocenters. The minimum Gasteiger partial charge on any atom is -0.472 e. The monoisotopic (exact) mass is 523 g/mol. The van der Waals surface area contributed by atoms with Crippen molar-refractivity contribution in [3.05, 3.63) is 59.0 Å². The fourth-order valence-corrected chi connectivity index (χ4v) is 4.71. The predicted molar refractivity (Wildman–Crippen MR) is 139 cm³/mol. The molecule has 0 saturated carbocycles. The molecule has 9 heteroatoms. The number of fused-ring (bicyclic) bond motifs is 1. The molecule has 0 bridgehead atoms. The van der Waals surface area contributed by atoms with Crippen molar-refractivity contribution in [3.63, 3.8) is 0 Å². The Balaban J connectivity index is 1.63. The Bertz CT molecular complexity index is 1220. The summed E-state index contributed by atoms with van der Waals surface area (Å²) in [5.74, 6) is 4.87. The summed E-state index contributed by atoms with van der Waals surface area (Å²) < 4.78 is 25.7. The number of likely N-dealkylation sites (N-methyl/N-ethyl adjacent to an activating group) is 1. The fraction of sp³-hybridized carbons (Fsp3) is 0.483. The highest BCUT2D eigenvalue weighted by molar-refractivity contribution is 5.97. The first kappa shape index (κ1) is 27.6. The molecule has 1 aromatic carbocycles. The standard InChI is InChI=1S/C29H34FN3O5/c1-19-16-33(20(2)18-34)29(36)24-14-21(8-9-22-6-4-5-7-25(22)30)15-31-27(24)38-26(19)17-32(3)28(35)23-10-12-37-13-11-23/h4-7,14-15,19-20,23,26,34H,10-13,16-18H2,1-3H3/t19-,20+,26+/m0/s1. The van der Waals surface area contributed by atoms with E-state index < -0.39 is 18.0 Å². The van der Waals surface area contributed by atoms with Crippen LogP contribution in [0.2, 0.25) is 0 Å². The molecular weight excluding hydrogens is 489 g/mol. The quantitative estimate of drug-likeness (QED) is 0.606. The van der Waals surface area contributed by atoms with E-state index in [0.29, 0.717) is 44.7 Å². The lowest BCUT2D eigenvalue weighted by molar-refractivity contribution is -0.138. The predicted octanol–water partition coefficient (Wildman–Crippen LogP) is 2.73. The molecule has 38 heavy (non-hydrogen) atoms. The second-order valence-corrected chi connectivity index (χ2v) is 10.0. The van der Waals surface area contributed by atoms with Crippen LogP contribution in [0.4, 0.5) is 4.39 Å². The molecular formula is C29H34FN3O5. The van der Waals surface area contributed by atoms with Crippen molar-refractivity contribution < 1.29 is 28.6 Å².